The molecule has 0 spiro atoms. The van der Waals surface area contributed by atoms with Gasteiger partial charge in [0.15, 0.2) is 0 Å². The molecule has 0 bridgehead atoms. The molecule has 1 unspecified atom stereocenters. The third-order valence-electron chi connectivity index (χ3n) is 5.78. The van der Waals surface area contributed by atoms with Crippen LogP contribution >= 0.6 is 12.2 Å². The van der Waals surface area contributed by atoms with E-state index in [0.717, 1.165) is 24.1 Å². The van der Waals surface area contributed by atoms with Gasteiger partial charge in [-0.25, -0.2) is 0 Å². The lowest BCUT2D eigenvalue weighted by Crippen LogP contribution is -2.22. The van der Waals surface area contributed by atoms with Crippen LogP contribution in [0.1, 0.15) is 23.1 Å². The van der Waals surface area contributed by atoms with Gasteiger partial charge in [-0.3, -0.25) is 0 Å². The molecule has 26 heavy (non-hydrogen) atoms. The van der Waals surface area contributed by atoms with Gasteiger partial charge in [0.25, 0.3) is 0 Å². The normalized spacial score (nSPS) is 16.5. The quantitative estimate of drug-likeness (QED) is 0.225. The van der Waals surface area contributed by atoms with Crippen molar-refractivity contribution in [3.05, 3.63) is 95.6 Å². The number of hydrogen-bond acceptors (Lipinski definition) is 1. The Morgan fingerprint density at radius 3 is 2.38 bits per heavy atom. The molecule has 1 aliphatic rings. The first kappa shape index (κ1) is 15.7. The number of hydrogen-bond donors (Lipinski definition) is 0. The zero-order valence-electron chi connectivity index (χ0n) is 14.6. The highest BCUT2D eigenvalue weighted by Gasteiger charge is 2.24. The second kappa shape index (κ2) is 6.34. The van der Waals surface area contributed by atoms with Crippen LogP contribution in [-0.2, 0) is 12.8 Å². The van der Waals surface area contributed by atoms with E-state index < -0.39 is 0 Å². The molecule has 1 heteroatoms. The van der Waals surface area contributed by atoms with Crippen molar-refractivity contribution in [3.8, 4) is 0 Å². The fourth-order valence-electron chi connectivity index (χ4n) is 4.41. The molecule has 0 heterocycles. The van der Waals surface area contributed by atoms with E-state index >= 15 is 0 Å². The van der Waals surface area contributed by atoms with Crippen LogP contribution in [0.4, 0.5) is 0 Å². The average molecular weight is 353 g/mol. The fraction of sp³-hybridized carbons (Fsp3) is 0.160. The Labute approximate surface area is 159 Å². The highest BCUT2D eigenvalue weighted by Crippen LogP contribution is 2.36. The summed E-state index contributed by atoms with van der Waals surface area (Å²) in [5.41, 5.74) is 4.21. The van der Waals surface area contributed by atoms with Crippen LogP contribution in [-0.4, -0.2) is 4.86 Å². The summed E-state index contributed by atoms with van der Waals surface area (Å²) in [6.45, 7) is 0. The maximum atomic E-state index is 5.87. The molecule has 1 aliphatic carbocycles. The van der Waals surface area contributed by atoms with E-state index in [9.17, 15) is 0 Å². The molecule has 0 fully saturated rings. The van der Waals surface area contributed by atoms with Gasteiger partial charge in [-0.05, 0) is 63.4 Å². The molecule has 0 radical (unpaired) electrons. The molecule has 0 aliphatic heterocycles. The second-order valence-electron chi connectivity index (χ2n) is 7.26. The van der Waals surface area contributed by atoms with E-state index in [1.54, 1.807) is 0 Å². The SMILES string of the molecule is S=C(c1ccccc1)C1CCc2ccc3c(ccc4ccccc43)c2C1. The molecule has 0 saturated carbocycles. The Bertz CT molecular complexity index is 1120. The third kappa shape index (κ3) is 2.55. The van der Waals surface area contributed by atoms with Crippen LogP contribution in [0, 0.1) is 5.92 Å². The van der Waals surface area contributed by atoms with Crippen molar-refractivity contribution in [2.24, 2.45) is 5.92 Å². The predicted octanol–water partition coefficient (Wildman–Crippen LogP) is 6.52. The lowest BCUT2D eigenvalue weighted by Gasteiger charge is -2.27. The molecule has 126 valence electrons. The highest BCUT2D eigenvalue weighted by atomic mass is 32.1. The van der Waals surface area contributed by atoms with E-state index in [1.807, 2.05) is 0 Å². The fourth-order valence-corrected chi connectivity index (χ4v) is 4.75. The van der Waals surface area contributed by atoms with Crippen molar-refractivity contribution in [2.75, 3.05) is 0 Å². The monoisotopic (exact) mass is 352 g/mol. The van der Waals surface area contributed by atoms with Crippen LogP contribution in [0.5, 0.6) is 0 Å². The Hall–Kier alpha value is -2.51. The topological polar surface area (TPSA) is 0 Å². The largest absolute Gasteiger partial charge is 0.0840 e. The zero-order chi connectivity index (χ0) is 17.5. The Morgan fingerprint density at radius 1 is 0.731 bits per heavy atom. The van der Waals surface area contributed by atoms with Crippen LogP contribution < -0.4 is 0 Å². The van der Waals surface area contributed by atoms with Crippen molar-refractivity contribution in [2.45, 2.75) is 19.3 Å². The highest BCUT2D eigenvalue weighted by molar-refractivity contribution is 7.80. The molecule has 0 aromatic heterocycles. The smallest absolute Gasteiger partial charge is 0.0258 e. The van der Waals surface area contributed by atoms with Gasteiger partial charge in [0.05, 0.1) is 0 Å². The van der Waals surface area contributed by atoms with E-state index in [0.29, 0.717) is 5.92 Å². The first-order valence-electron chi connectivity index (χ1n) is 9.33. The van der Waals surface area contributed by atoms with Gasteiger partial charge in [0.1, 0.15) is 0 Å². The number of fused-ring (bicyclic) bond motifs is 5. The molecule has 4 aromatic rings. The van der Waals surface area contributed by atoms with Gasteiger partial charge < -0.3 is 0 Å². The second-order valence-corrected chi connectivity index (χ2v) is 7.69. The average Bonchev–Trinajstić information content (AvgIpc) is 2.73. The standard InChI is InChI=1S/C25H20S/c26-25(19-7-2-1-3-8-19)20-11-10-18-13-14-22-21-9-5-4-6-17(21)12-15-23(22)24(18)16-20/h1-9,12-15,20H,10-11,16H2. The van der Waals surface area contributed by atoms with E-state index in [1.165, 1.54) is 38.2 Å². The molecule has 5 rings (SSSR count). The first-order valence-corrected chi connectivity index (χ1v) is 9.73. The number of aryl methyl sites for hydroxylation is 1. The minimum atomic E-state index is 0.456. The lowest BCUT2D eigenvalue weighted by atomic mass is 9.78. The van der Waals surface area contributed by atoms with Crippen LogP contribution in [0.3, 0.4) is 0 Å². The molecule has 1 atom stereocenters. The van der Waals surface area contributed by atoms with Crippen molar-refractivity contribution < 1.29 is 0 Å². The minimum absolute atomic E-state index is 0.456. The van der Waals surface area contributed by atoms with E-state index in [4.69, 9.17) is 12.2 Å². The Balaban J connectivity index is 1.61. The van der Waals surface area contributed by atoms with Gasteiger partial charge in [-0.1, -0.05) is 91.1 Å². The van der Waals surface area contributed by atoms with Crippen LogP contribution in [0.25, 0.3) is 21.5 Å². The van der Waals surface area contributed by atoms with Gasteiger partial charge in [0, 0.05) is 4.86 Å². The number of rotatable bonds is 2. The number of thiocarbonyl (C=S) groups is 1. The predicted molar refractivity (Wildman–Crippen MR) is 115 cm³/mol. The molecular weight excluding hydrogens is 332 g/mol. The van der Waals surface area contributed by atoms with Crippen molar-refractivity contribution in [1.82, 2.24) is 0 Å². The Morgan fingerprint density at radius 2 is 1.50 bits per heavy atom. The molecule has 0 amide bonds. The summed E-state index contributed by atoms with van der Waals surface area (Å²) >= 11 is 5.87. The molecular formula is C25H20S. The van der Waals surface area contributed by atoms with E-state index in [-0.39, 0.29) is 0 Å². The molecule has 0 N–H and O–H groups in total. The maximum absolute atomic E-state index is 5.87. The van der Waals surface area contributed by atoms with Crippen LogP contribution in [0.15, 0.2) is 78.9 Å². The van der Waals surface area contributed by atoms with Gasteiger partial charge in [-0.15, -0.1) is 0 Å². The summed E-state index contributed by atoms with van der Waals surface area (Å²) in [6.07, 6.45) is 3.33. The number of benzene rings is 4. The zero-order valence-corrected chi connectivity index (χ0v) is 15.4. The molecule has 4 aromatic carbocycles. The summed E-state index contributed by atoms with van der Waals surface area (Å²) in [7, 11) is 0. The minimum Gasteiger partial charge on any atom is -0.0840 e. The third-order valence-corrected chi connectivity index (χ3v) is 6.35. The summed E-state index contributed by atoms with van der Waals surface area (Å²) in [4.78, 5) is 1.12. The summed E-state index contributed by atoms with van der Waals surface area (Å²) in [6, 6.07) is 28.4. The summed E-state index contributed by atoms with van der Waals surface area (Å²) in [5.74, 6) is 0.456. The van der Waals surface area contributed by atoms with Crippen molar-refractivity contribution >= 4 is 38.6 Å². The van der Waals surface area contributed by atoms with Gasteiger partial charge in [0.2, 0.25) is 0 Å². The Kier molecular flexibility index (Phi) is 3.83. The van der Waals surface area contributed by atoms with Gasteiger partial charge >= 0.3 is 0 Å². The van der Waals surface area contributed by atoms with Gasteiger partial charge in [-0.2, -0.15) is 0 Å². The molecule has 0 nitrogen and oxygen atoms in total. The first-order chi connectivity index (χ1) is 12.8. The van der Waals surface area contributed by atoms with E-state index in [2.05, 4.69) is 78.9 Å². The lowest BCUT2D eigenvalue weighted by molar-refractivity contribution is 0.593. The van der Waals surface area contributed by atoms with Crippen LogP contribution in [0.2, 0.25) is 0 Å². The summed E-state index contributed by atoms with van der Waals surface area (Å²) in [5, 5.41) is 5.43. The molecule has 0 saturated heterocycles. The maximum Gasteiger partial charge on any atom is 0.0258 e. The summed E-state index contributed by atoms with van der Waals surface area (Å²) < 4.78 is 0. The van der Waals surface area contributed by atoms with Crippen molar-refractivity contribution in [3.63, 3.8) is 0 Å². The van der Waals surface area contributed by atoms with Crippen molar-refractivity contribution in [1.29, 1.82) is 0 Å².